The van der Waals surface area contributed by atoms with Gasteiger partial charge in [0.15, 0.2) is 0 Å². The fourth-order valence-corrected chi connectivity index (χ4v) is 0.112. The van der Waals surface area contributed by atoms with E-state index in [9.17, 15) is 0 Å². The molecule has 0 radical (unpaired) electrons. The highest BCUT2D eigenvalue weighted by atomic mass is 16.3. The topological polar surface area (TPSA) is 32.3 Å². The first-order valence-corrected chi connectivity index (χ1v) is 3.22. The quantitative estimate of drug-likeness (QED) is 0.576. The molecule has 0 saturated carbocycles. The number of hydrogen-bond acceptors (Lipinski definition) is 2. The normalized spacial score (nSPS) is 7.50. The van der Waals surface area contributed by atoms with Gasteiger partial charge in [0, 0.05) is 6.54 Å². The first kappa shape index (κ1) is 12.1. The monoisotopic (exact) mass is 143 g/mol. The maximum Gasteiger partial charge on any atom is 0.0555 e. The van der Waals surface area contributed by atoms with Crippen molar-refractivity contribution in [2.24, 2.45) is 0 Å². The Hall–Kier alpha value is -0.600. The molecule has 0 rings (SSSR count). The molecular formula is C8H17NO. The van der Waals surface area contributed by atoms with Gasteiger partial charge in [0.25, 0.3) is 0 Å². The average Bonchev–Trinajstić information content (AvgIpc) is 1.91. The Morgan fingerprint density at radius 3 is 2.10 bits per heavy atom. The summed E-state index contributed by atoms with van der Waals surface area (Å²) in [6.45, 7) is 9.85. The van der Waals surface area contributed by atoms with E-state index in [-0.39, 0.29) is 6.61 Å². The second-order valence-corrected chi connectivity index (χ2v) is 1.88. The lowest BCUT2D eigenvalue weighted by molar-refractivity contribution is 0.296. The standard InChI is InChI=1S/C5H8.C3H9NO/c1-4-5(2)3;1-4-2-3-5/h4H,1-2H2,3H3;4-5H,2-3H2,1H3. The zero-order valence-electron chi connectivity index (χ0n) is 6.85. The lowest BCUT2D eigenvalue weighted by Crippen LogP contribution is -2.10. The number of hydrogen-bond donors (Lipinski definition) is 2. The van der Waals surface area contributed by atoms with E-state index in [1.54, 1.807) is 13.1 Å². The summed E-state index contributed by atoms with van der Waals surface area (Å²) in [7, 11) is 1.80. The van der Waals surface area contributed by atoms with Crippen LogP contribution in [0.5, 0.6) is 0 Å². The molecule has 0 aliphatic heterocycles. The first-order valence-electron chi connectivity index (χ1n) is 3.22. The van der Waals surface area contributed by atoms with Crippen LogP contribution in [0.25, 0.3) is 0 Å². The fraction of sp³-hybridized carbons (Fsp3) is 0.500. The van der Waals surface area contributed by atoms with Crippen LogP contribution in [0.1, 0.15) is 6.92 Å². The molecule has 0 atom stereocenters. The predicted octanol–water partition coefficient (Wildman–Crippen LogP) is 0.947. The molecule has 0 unspecified atom stereocenters. The smallest absolute Gasteiger partial charge is 0.0555 e. The van der Waals surface area contributed by atoms with Gasteiger partial charge >= 0.3 is 0 Å². The Labute approximate surface area is 63.3 Å². The second-order valence-electron chi connectivity index (χ2n) is 1.88. The summed E-state index contributed by atoms with van der Waals surface area (Å²) >= 11 is 0. The summed E-state index contributed by atoms with van der Waals surface area (Å²) in [5.41, 5.74) is 1.02. The van der Waals surface area contributed by atoms with E-state index in [0.717, 1.165) is 5.57 Å². The first-order chi connectivity index (χ1) is 4.68. The Morgan fingerprint density at radius 1 is 1.70 bits per heavy atom. The molecule has 0 heterocycles. The van der Waals surface area contributed by atoms with E-state index in [4.69, 9.17) is 5.11 Å². The number of nitrogens with one attached hydrogen (secondary N) is 1. The lowest BCUT2D eigenvalue weighted by atomic mass is 10.4. The van der Waals surface area contributed by atoms with Crippen molar-refractivity contribution in [1.82, 2.24) is 5.32 Å². The van der Waals surface area contributed by atoms with Crippen LogP contribution in [0.4, 0.5) is 0 Å². The number of allylic oxidation sites excluding steroid dienone is 2. The van der Waals surface area contributed by atoms with Crippen molar-refractivity contribution in [1.29, 1.82) is 0 Å². The van der Waals surface area contributed by atoms with Crippen LogP contribution in [0, 0.1) is 0 Å². The van der Waals surface area contributed by atoms with Gasteiger partial charge in [0.2, 0.25) is 0 Å². The molecule has 0 amide bonds. The molecule has 0 fully saturated rings. The van der Waals surface area contributed by atoms with Gasteiger partial charge in [0.05, 0.1) is 6.61 Å². The van der Waals surface area contributed by atoms with Crippen LogP contribution in [-0.2, 0) is 0 Å². The number of rotatable bonds is 3. The van der Waals surface area contributed by atoms with E-state index >= 15 is 0 Å². The van der Waals surface area contributed by atoms with Gasteiger partial charge < -0.3 is 10.4 Å². The average molecular weight is 143 g/mol. The van der Waals surface area contributed by atoms with Gasteiger partial charge in [-0.25, -0.2) is 0 Å². The third-order valence-electron chi connectivity index (χ3n) is 0.710. The highest BCUT2D eigenvalue weighted by Gasteiger charge is 1.65. The second kappa shape index (κ2) is 11.2. The molecule has 0 aromatic rings. The van der Waals surface area contributed by atoms with Crippen molar-refractivity contribution in [3.63, 3.8) is 0 Å². The maximum absolute atomic E-state index is 8.00. The van der Waals surface area contributed by atoms with Gasteiger partial charge in [-0.3, -0.25) is 0 Å². The Bertz CT molecular complexity index is 87.3. The molecule has 0 aromatic heterocycles. The molecule has 0 saturated heterocycles. The van der Waals surface area contributed by atoms with Crippen molar-refractivity contribution in [3.8, 4) is 0 Å². The molecule has 0 aliphatic rings. The van der Waals surface area contributed by atoms with Gasteiger partial charge in [0.1, 0.15) is 0 Å². The van der Waals surface area contributed by atoms with Crippen molar-refractivity contribution >= 4 is 0 Å². The summed E-state index contributed by atoms with van der Waals surface area (Å²) in [6.07, 6.45) is 1.72. The van der Waals surface area contributed by atoms with E-state index in [2.05, 4.69) is 18.5 Å². The molecule has 0 aromatic carbocycles. The van der Waals surface area contributed by atoms with Crippen LogP contribution in [0.2, 0.25) is 0 Å². The molecule has 10 heavy (non-hydrogen) atoms. The molecule has 0 aliphatic carbocycles. The van der Waals surface area contributed by atoms with Crippen molar-refractivity contribution in [2.75, 3.05) is 20.2 Å². The zero-order chi connectivity index (χ0) is 8.41. The minimum absolute atomic E-state index is 0.233. The predicted molar refractivity (Wildman–Crippen MR) is 46.0 cm³/mol. The highest BCUT2D eigenvalue weighted by molar-refractivity contribution is 5.05. The van der Waals surface area contributed by atoms with E-state index in [1.165, 1.54) is 0 Å². The van der Waals surface area contributed by atoms with Crippen LogP contribution >= 0.6 is 0 Å². The lowest BCUT2D eigenvalue weighted by Gasteiger charge is -1.84. The third kappa shape index (κ3) is 26.2. The van der Waals surface area contributed by atoms with Gasteiger partial charge in [-0.05, 0) is 14.0 Å². The molecule has 0 spiro atoms. The SMILES string of the molecule is C=CC(=C)C.CNCCO. The molecule has 0 bridgehead atoms. The molecule has 2 nitrogen and oxygen atoms in total. The highest BCUT2D eigenvalue weighted by Crippen LogP contribution is 1.81. The zero-order valence-corrected chi connectivity index (χ0v) is 6.85. The van der Waals surface area contributed by atoms with Crippen LogP contribution < -0.4 is 5.32 Å². The van der Waals surface area contributed by atoms with Gasteiger partial charge in [-0.15, -0.1) is 0 Å². The van der Waals surface area contributed by atoms with E-state index in [1.807, 2.05) is 6.92 Å². The summed E-state index contributed by atoms with van der Waals surface area (Å²) < 4.78 is 0. The summed E-state index contributed by atoms with van der Waals surface area (Å²) in [4.78, 5) is 0. The van der Waals surface area contributed by atoms with Gasteiger partial charge in [-0.2, -0.15) is 0 Å². The van der Waals surface area contributed by atoms with E-state index in [0.29, 0.717) is 6.54 Å². The van der Waals surface area contributed by atoms with Gasteiger partial charge in [-0.1, -0.05) is 24.8 Å². The Kier molecular flexibility index (Phi) is 13.6. The van der Waals surface area contributed by atoms with Crippen molar-refractivity contribution in [2.45, 2.75) is 6.92 Å². The fourth-order valence-electron chi connectivity index (χ4n) is 0.112. The summed E-state index contributed by atoms with van der Waals surface area (Å²) in [5.74, 6) is 0. The summed E-state index contributed by atoms with van der Waals surface area (Å²) in [6, 6.07) is 0. The van der Waals surface area contributed by atoms with Crippen molar-refractivity contribution in [3.05, 3.63) is 24.8 Å². The number of aliphatic hydroxyl groups excluding tert-OH is 1. The van der Waals surface area contributed by atoms with E-state index < -0.39 is 0 Å². The Balaban J connectivity index is 0. The summed E-state index contributed by atoms with van der Waals surface area (Å²) in [5, 5.41) is 10.8. The Morgan fingerprint density at radius 2 is 2.10 bits per heavy atom. The minimum atomic E-state index is 0.233. The minimum Gasteiger partial charge on any atom is -0.395 e. The van der Waals surface area contributed by atoms with Crippen LogP contribution in [-0.4, -0.2) is 25.3 Å². The maximum atomic E-state index is 8.00. The van der Waals surface area contributed by atoms with Crippen LogP contribution in [0.3, 0.4) is 0 Å². The number of aliphatic hydroxyl groups is 1. The van der Waals surface area contributed by atoms with Crippen LogP contribution in [0.15, 0.2) is 24.8 Å². The largest absolute Gasteiger partial charge is 0.395 e. The molecule has 60 valence electrons. The molecule has 2 N–H and O–H groups in total. The molecular weight excluding hydrogens is 126 g/mol. The van der Waals surface area contributed by atoms with Crippen molar-refractivity contribution < 1.29 is 5.11 Å². The molecule has 2 heteroatoms. The third-order valence-corrected chi connectivity index (χ3v) is 0.710. The number of likely N-dealkylation sites (N-methyl/N-ethyl adjacent to an activating group) is 1.